The van der Waals surface area contributed by atoms with Crippen molar-refractivity contribution in [1.29, 1.82) is 0 Å². The Bertz CT molecular complexity index is 885. The number of phenols is 1. The Kier molecular flexibility index (Phi) is 5.03. The monoisotopic (exact) mass is 338 g/mol. The highest BCUT2D eigenvalue weighted by molar-refractivity contribution is 5.92. The van der Waals surface area contributed by atoms with Crippen molar-refractivity contribution in [3.05, 3.63) is 48.3 Å². The average Bonchev–Trinajstić information content (AvgIpc) is 2.87. The van der Waals surface area contributed by atoms with Gasteiger partial charge in [-0.05, 0) is 55.7 Å². The fourth-order valence-corrected chi connectivity index (χ4v) is 3.34. The van der Waals surface area contributed by atoms with Crippen LogP contribution < -0.4 is 0 Å². The number of carboxylic acids is 1. The fourth-order valence-electron chi connectivity index (χ4n) is 3.34. The van der Waals surface area contributed by atoms with E-state index >= 15 is 0 Å². The third kappa shape index (κ3) is 3.65. The quantitative estimate of drug-likeness (QED) is 0.628. The van der Waals surface area contributed by atoms with E-state index in [0.29, 0.717) is 6.42 Å². The van der Waals surface area contributed by atoms with Crippen LogP contribution in [0.1, 0.15) is 31.2 Å². The van der Waals surface area contributed by atoms with E-state index in [0.717, 1.165) is 47.1 Å². The molecule has 0 saturated heterocycles. The summed E-state index contributed by atoms with van der Waals surface area (Å²) in [6.07, 6.45) is 6.29. The molecule has 0 radical (unpaired) electrons. The Labute approximate surface area is 146 Å². The molecule has 25 heavy (non-hydrogen) atoms. The maximum atomic E-state index is 10.6. The van der Waals surface area contributed by atoms with Crippen molar-refractivity contribution in [3.8, 4) is 17.0 Å². The highest BCUT2D eigenvalue weighted by atomic mass is 16.4. The van der Waals surface area contributed by atoms with E-state index in [1.54, 1.807) is 18.3 Å². The predicted octanol–water partition coefficient (Wildman–Crippen LogP) is 4.36. The van der Waals surface area contributed by atoms with Crippen molar-refractivity contribution in [2.24, 2.45) is 0 Å². The Morgan fingerprint density at radius 2 is 2.04 bits per heavy atom. The number of aryl methyl sites for hydroxylation is 2. The number of fused-ring (bicyclic) bond motifs is 1. The molecule has 0 spiro atoms. The average molecular weight is 338 g/mol. The number of benzene rings is 1. The van der Waals surface area contributed by atoms with Crippen LogP contribution in [0.25, 0.3) is 22.2 Å². The first kappa shape index (κ1) is 17.0. The van der Waals surface area contributed by atoms with Gasteiger partial charge in [0.2, 0.25) is 0 Å². The summed E-state index contributed by atoms with van der Waals surface area (Å²) in [4.78, 5) is 14.9. The number of unbranched alkanes of at least 4 members (excludes halogenated alkanes) is 2. The molecule has 2 N–H and O–H groups in total. The van der Waals surface area contributed by atoms with Crippen molar-refractivity contribution < 1.29 is 15.0 Å². The van der Waals surface area contributed by atoms with Crippen LogP contribution in [-0.2, 0) is 11.3 Å². The largest absolute Gasteiger partial charge is 0.508 e. The van der Waals surface area contributed by atoms with Crippen LogP contribution in [0.3, 0.4) is 0 Å². The van der Waals surface area contributed by atoms with Crippen molar-refractivity contribution in [1.82, 2.24) is 9.55 Å². The molecule has 0 aliphatic heterocycles. The summed E-state index contributed by atoms with van der Waals surface area (Å²) in [6.45, 7) is 2.87. The second-order valence-electron chi connectivity index (χ2n) is 6.27. The molecule has 0 saturated carbocycles. The molecule has 0 aliphatic rings. The number of phenolic OH excluding ortho intramolecular Hbond substituents is 1. The number of aromatic nitrogens is 2. The maximum absolute atomic E-state index is 10.6. The summed E-state index contributed by atoms with van der Waals surface area (Å²) in [5.41, 5.74) is 4.34. The molecule has 0 atom stereocenters. The summed E-state index contributed by atoms with van der Waals surface area (Å²) in [6, 6.07) is 9.39. The van der Waals surface area contributed by atoms with E-state index in [2.05, 4.69) is 16.5 Å². The number of pyridine rings is 1. The summed E-state index contributed by atoms with van der Waals surface area (Å²) in [5, 5.41) is 19.6. The topological polar surface area (TPSA) is 75.4 Å². The first-order valence-corrected chi connectivity index (χ1v) is 8.52. The normalized spacial score (nSPS) is 11.1. The van der Waals surface area contributed by atoms with E-state index in [1.807, 2.05) is 24.4 Å². The van der Waals surface area contributed by atoms with E-state index in [-0.39, 0.29) is 12.2 Å². The van der Waals surface area contributed by atoms with Gasteiger partial charge in [-0.15, -0.1) is 0 Å². The predicted molar refractivity (Wildman–Crippen MR) is 97.7 cm³/mol. The van der Waals surface area contributed by atoms with Crippen LogP contribution in [0.2, 0.25) is 0 Å². The van der Waals surface area contributed by atoms with Crippen LogP contribution >= 0.6 is 0 Å². The third-order valence-electron chi connectivity index (χ3n) is 4.51. The van der Waals surface area contributed by atoms with E-state index < -0.39 is 5.97 Å². The summed E-state index contributed by atoms with van der Waals surface area (Å²) in [7, 11) is 0. The number of carboxylic acid groups (broad SMARTS) is 1. The fraction of sp³-hybridized carbons (Fsp3) is 0.300. The minimum atomic E-state index is -0.742. The summed E-state index contributed by atoms with van der Waals surface area (Å²) < 4.78 is 2.25. The number of nitrogens with zero attached hydrogens (tertiary/aromatic N) is 2. The zero-order valence-electron chi connectivity index (χ0n) is 14.3. The molecule has 0 fully saturated rings. The maximum Gasteiger partial charge on any atom is 0.303 e. The zero-order valence-corrected chi connectivity index (χ0v) is 14.3. The lowest BCUT2D eigenvalue weighted by Crippen LogP contribution is -2.02. The van der Waals surface area contributed by atoms with Crippen LogP contribution in [0.5, 0.6) is 5.75 Å². The van der Waals surface area contributed by atoms with Gasteiger partial charge in [0.05, 0.1) is 5.69 Å². The SMILES string of the molecule is Cc1c(-c2cccnc2)n(CCCCCC(=O)O)c2ccc(O)cc12. The molecule has 0 unspecified atom stereocenters. The Morgan fingerprint density at radius 3 is 2.76 bits per heavy atom. The lowest BCUT2D eigenvalue weighted by Gasteiger charge is -2.11. The molecule has 2 aromatic heterocycles. The van der Waals surface area contributed by atoms with Gasteiger partial charge in [0.25, 0.3) is 0 Å². The number of rotatable bonds is 7. The van der Waals surface area contributed by atoms with Gasteiger partial charge in [-0.2, -0.15) is 0 Å². The molecule has 1 aromatic carbocycles. The van der Waals surface area contributed by atoms with Crippen molar-refractivity contribution in [2.75, 3.05) is 0 Å². The second-order valence-corrected chi connectivity index (χ2v) is 6.27. The summed E-state index contributed by atoms with van der Waals surface area (Å²) >= 11 is 0. The number of aliphatic carboxylic acids is 1. The first-order valence-electron chi connectivity index (χ1n) is 8.52. The second kappa shape index (κ2) is 7.38. The molecule has 0 bridgehead atoms. The lowest BCUT2D eigenvalue weighted by atomic mass is 10.1. The van der Waals surface area contributed by atoms with Crippen LogP contribution in [0.4, 0.5) is 0 Å². The smallest absolute Gasteiger partial charge is 0.303 e. The van der Waals surface area contributed by atoms with Gasteiger partial charge in [-0.3, -0.25) is 9.78 Å². The molecule has 130 valence electrons. The third-order valence-corrected chi connectivity index (χ3v) is 4.51. The Morgan fingerprint density at radius 1 is 1.20 bits per heavy atom. The van der Waals surface area contributed by atoms with Crippen LogP contribution in [0, 0.1) is 6.92 Å². The first-order chi connectivity index (χ1) is 12.1. The molecule has 3 aromatic rings. The Balaban J connectivity index is 1.95. The summed E-state index contributed by atoms with van der Waals surface area (Å²) in [5.74, 6) is -0.485. The van der Waals surface area contributed by atoms with E-state index in [1.165, 1.54) is 0 Å². The molecule has 5 nitrogen and oxygen atoms in total. The van der Waals surface area contributed by atoms with Gasteiger partial charge in [-0.1, -0.05) is 6.42 Å². The molecule has 0 aliphatic carbocycles. The van der Waals surface area contributed by atoms with Crippen molar-refractivity contribution >= 4 is 16.9 Å². The van der Waals surface area contributed by atoms with Crippen molar-refractivity contribution in [3.63, 3.8) is 0 Å². The number of hydrogen-bond acceptors (Lipinski definition) is 3. The molecule has 2 heterocycles. The molecular weight excluding hydrogens is 316 g/mol. The van der Waals surface area contributed by atoms with Gasteiger partial charge in [-0.25, -0.2) is 0 Å². The van der Waals surface area contributed by atoms with Gasteiger partial charge >= 0.3 is 5.97 Å². The molecule has 0 amide bonds. The van der Waals surface area contributed by atoms with Crippen LogP contribution in [0.15, 0.2) is 42.7 Å². The standard InChI is InChI=1S/C20H22N2O3/c1-14-17-12-16(23)8-9-18(17)22(11-4-2-3-7-19(24)25)20(14)15-6-5-10-21-13-15/h5-6,8-10,12-13,23H,2-4,7,11H2,1H3,(H,24,25). The van der Waals surface area contributed by atoms with E-state index in [9.17, 15) is 9.90 Å². The highest BCUT2D eigenvalue weighted by Gasteiger charge is 2.16. The van der Waals surface area contributed by atoms with Gasteiger partial charge < -0.3 is 14.8 Å². The molecular formula is C20H22N2O3. The minimum Gasteiger partial charge on any atom is -0.508 e. The van der Waals surface area contributed by atoms with Gasteiger partial charge in [0.15, 0.2) is 0 Å². The lowest BCUT2D eigenvalue weighted by molar-refractivity contribution is -0.137. The molecule has 5 heteroatoms. The van der Waals surface area contributed by atoms with Gasteiger partial charge in [0.1, 0.15) is 5.75 Å². The van der Waals surface area contributed by atoms with Crippen molar-refractivity contribution in [2.45, 2.75) is 39.2 Å². The highest BCUT2D eigenvalue weighted by Crippen LogP contribution is 2.35. The number of carbonyl (C=O) groups is 1. The van der Waals surface area contributed by atoms with Gasteiger partial charge in [0, 0.05) is 41.8 Å². The Hall–Kier alpha value is -2.82. The number of aromatic hydroxyl groups is 1. The van der Waals surface area contributed by atoms with E-state index in [4.69, 9.17) is 5.11 Å². The molecule has 3 rings (SSSR count). The number of hydrogen-bond donors (Lipinski definition) is 2. The zero-order chi connectivity index (χ0) is 17.8. The minimum absolute atomic E-state index is 0.217. The van der Waals surface area contributed by atoms with Crippen LogP contribution in [-0.4, -0.2) is 25.7 Å².